The molecule has 1 aromatic heterocycles. The lowest BCUT2D eigenvalue weighted by Crippen LogP contribution is -2.27. The lowest BCUT2D eigenvalue weighted by atomic mass is 10.2. The van der Waals surface area contributed by atoms with Gasteiger partial charge in [-0.3, -0.25) is 0 Å². The van der Waals surface area contributed by atoms with Crippen LogP contribution in [-0.2, 0) is 11.2 Å². The van der Waals surface area contributed by atoms with E-state index in [9.17, 15) is 4.79 Å². The highest BCUT2D eigenvalue weighted by atomic mass is 127. The third kappa shape index (κ3) is 4.44. The van der Waals surface area contributed by atoms with Crippen molar-refractivity contribution in [3.8, 4) is 0 Å². The molecule has 0 fully saturated rings. The number of hydrogen-bond acceptors (Lipinski definition) is 3. The number of nitrogens with zero attached hydrogens (tertiary/aromatic N) is 2. The smallest absolute Gasteiger partial charge is 0.420 e. The number of halogens is 1. The van der Waals surface area contributed by atoms with Crippen molar-refractivity contribution in [2.45, 2.75) is 46.6 Å². The molecule has 1 rings (SSSR count). The van der Waals surface area contributed by atoms with E-state index in [1.807, 2.05) is 34.6 Å². The lowest BCUT2D eigenvalue weighted by molar-refractivity contribution is 0.0532. The van der Waals surface area contributed by atoms with Crippen molar-refractivity contribution in [3.05, 3.63) is 27.4 Å². The number of hydrogen-bond donors (Lipinski definition) is 0. The summed E-state index contributed by atoms with van der Waals surface area (Å²) in [7, 11) is 0. The van der Waals surface area contributed by atoms with E-state index < -0.39 is 5.60 Å². The number of carbonyl (C=O) groups is 1. The van der Waals surface area contributed by atoms with Crippen LogP contribution in [0, 0.1) is 3.70 Å². The summed E-state index contributed by atoms with van der Waals surface area (Å²) in [4.78, 5) is 16.2. The van der Waals surface area contributed by atoms with Crippen molar-refractivity contribution in [1.82, 2.24) is 9.55 Å². The first kappa shape index (κ1) is 15.2. The van der Waals surface area contributed by atoms with Crippen LogP contribution in [0.1, 0.15) is 40.3 Å². The highest BCUT2D eigenvalue weighted by molar-refractivity contribution is 14.1. The Morgan fingerprint density at radius 2 is 2.11 bits per heavy atom. The molecule has 0 saturated heterocycles. The lowest BCUT2D eigenvalue weighted by Gasteiger charge is -2.20. The summed E-state index contributed by atoms with van der Waals surface area (Å²) >= 11 is 2.13. The van der Waals surface area contributed by atoms with Crippen LogP contribution in [-0.4, -0.2) is 21.2 Å². The zero-order valence-corrected chi connectivity index (χ0v) is 13.6. The number of aromatic nitrogens is 2. The van der Waals surface area contributed by atoms with Gasteiger partial charge in [0.15, 0.2) is 0 Å². The third-order valence-electron chi connectivity index (χ3n) is 2.11. The van der Waals surface area contributed by atoms with E-state index in [0.717, 1.165) is 9.39 Å². The molecule has 0 saturated carbocycles. The van der Waals surface area contributed by atoms with Gasteiger partial charge < -0.3 is 4.74 Å². The third-order valence-corrected chi connectivity index (χ3v) is 3.01. The maximum atomic E-state index is 12.0. The summed E-state index contributed by atoms with van der Waals surface area (Å²) < 4.78 is 7.65. The zero-order chi connectivity index (χ0) is 13.9. The monoisotopic (exact) mass is 362 g/mol. The molecule has 1 heterocycles. The van der Waals surface area contributed by atoms with E-state index in [2.05, 4.69) is 33.7 Å². The molecule has 0 aliphatic heterocycles. The minimum atomic E-state index is -0.499. The molecule has 0 aliphatic rings. The fraction of sp³-hybridized carbons (Fsp3) is 0.538. The van der Waals surface area contributed by atoms with Gasteiger partial charge in [-0.25, -0.2) is 14.3 Å². The van der Waals surface area contributed by atoms with E-state index in [0.29, 0.717) is 6.42 Å². The number of allylic oxidation sites excluding steroid dienone is 2. The van der Waals surface area contributed by atoms with E-state index >= 15 is 0 Å². The molecule has 0 atom stereocenters. The second-order valence-corrected chi connectivity index (χ2v) is 6.34. The Labute approximate surface area is 122 Å². The van der Waals surface area contributed by atoms with Crippen molar-refractivity contribution < 1.29 is 9.53 Å². The first-order valence-corrected chi connectivity index (χ1v) is 6.87. The molecular formula is C13H19IN2O2. The normalized spacial score (nSPS) is 11.2. The molecule has 0 unspecified atom stereocenters. The fourth-order valence-corrected chi connectivity index (χ4v) is 1.91. The first-order chi connectivity index (χ1) is 8.20. The van der Waals surface area contributed by atoms with Crippen LogP contribution in [0.15, 0.2) is 18.0 Å². The average molecular weight is 362 g/mol. The van der Waals surface area contributed by atoms with E-state index in [-0.39, 0.29) is 6.09 Å². The van der Waals surface area contributed by atoms with E-state index in [4.69, 9.17) is 4.74 Å². The van der Waals surface area contributed by atoms with Crippen LogP contribution in [0.4, 0.5) is 4.79 Å². The van der Waals surface area contributed by atoms with Crippen LogP contribution in [0.25, 0.3) is 0 Å². The molecule has 0 amide bonds. The Hall–Kier alpha value is -0.850. The Morgan fingerprint density at radius 3 is 2.61 bits per heavy atom. The Balaban J connectivity index is 2.96. The van der Waals surface area contributed by atoms with Gasteiger partial charge in [-0.05, 0) is 57.2 Å². The molecule has 0 radical (unpaired) electrons. The number of rotatable bonds is 2. The Morgan fingerprint density at radius 1 is 1.50 bits per heavy atom. The van der Waals surface area contributed by atoms with Crippen molar-refractivity contribution in [2.24, 2.45) is 0 Å². The van der Waals surface area contributed by atoms with Crippen LogP contribution in [0.5, 0.6) is 0 Å². The summed E-state index contributed by atoms with van der Waals surface area (Å²) in [5.74, 6) is 0. The van der Waals surface area contributed by atoms with Crippen LogP contribution in [0.3, 0.4) is 0 Å². The van der Waals surface area contributed by atoms with E-state index in [1.54, 1.807) is 0 Å². The van der Waals surface area contributed by atoms with Crippen molar-refractivity contribution >= 4 is 28.7 Å². The molecular weight excluding hydrogens is 343 g/mol. The van der Waals surface area contributed by atoms with Crippen molar-refractivity contribution in [2.75, 3.05) is 0 Å². The number of carbonyl (C=O) groups excluding carboxylic acids is 1. The largest absolute Gasteiger partial charge is 0.443 e. The number of imidazole rings is 1. The van der Waals surface area contributed by atoms with Gasteiger partial charge in [-0.15, -0.1) is 0 Å². The second kappa shape index (κ2) is 5.86. The average Bonchev–Trinajstić information content (AvgIpc) is 2.54. The topological polar surface area (TPSA) is 44.1 Å². The van der Waals surface area contributed by atoms with Gasteiger partial charge in [-0.2, -0.15) is 0 Å². The first-order valence-electron chi connectivity index (χ1n) is 5.79. The van der Waals surface area contributed by atoms with Gasteiger partial charge in [0.2, 0.25) is 0 Å². The molecule has 5 heteroatoms. The summed E-state index contributed by atoms with van der Waals surface area (Å²) in [6.07, 6.45) is 3.89. The summed E-state index contributed by atoms with van der Waals surface area (Å²) in [6.45, 7) is 9.61. The highest BCUT2D eigenvalue weighted by Crippen LogP contribution is 2.16. The molecule has 0 bridgehead atoms. The minimum Gasteiger partial charge on any atom is -0.443 e. The predicted molar refractivity (Wildman–Crippen MR) is 79.7 cm³/mol. The standard InChI is InChI=1S/C13H19IN2O2/c1-9(2)6-7-10-11(14)15-8-16(10)12(17)18-13(3,4)5/h6,8H,7H2,1-5H3. The maximum Gasteiger partial charge on any atom is 0.420 e. The van der Waals surface area contributed by atoms with Crippen LogP contribution < -0.4 is 0 Å². The van der Waals surface area contributed by atoms with Crippen LogP contribution >= 0.6 is 22.6 Å². The predicted octanol–water partition coefficient (Wildman–Crippen LogP) is 3.78. The summed E-state index contributed by atoms with van der Waals surface area (Å²) in [5, 5.41) is 0. The molecule has 0 aromatic carbocycles. The van der Waals surface area contributed by atoms with Gasteiger partial charge in [0, 0.05) is 6.42 Å². The molecule has 4 nitrogen and oxygen atoms in total. The van der Waals surface area contributed by atoms with Gasteiger partial charge in [-0.1, -0.05) is 11.6 Å². The quantitative estimate of drug-likeness (QED) is 0.594. The fourth-order valence-electron chi connectivity index (χ4n) is 1.30. The van der Waals surface area contributed by atoms with Gasteiger partial charge in [0.25, 0.3) is 0 Å². The van der Waals surface area contributed by atoms with Crippen molar-refractivity contribution in [3.63, 3.8) is 0 Å². The molecule has 18 heavy (non-hydrogen) atoms. The molecule has 1 aromatic rings. The second-order valence-electron chi connectivity index (χ2n) is 5.32. The Bertz CT molecular complexity index is 466. The van der Waals surface area contributed by atoms with Gasteiger partial charge in [0.05, 0.1) is 5.69 Å². The Kier molecular flexibility index (Phi) is 4.95. The molecule has 0 N–H and O–H groups in total. The SMILES string of the molecule is CC(C)=CCc1c(I)ncn1C(=O)OC(C)(C)C. The van der Waals surface area contributed by atoms with Gasteiger partial charge >= 0.3 is 6.09 Å². The summed E-state index contributed by atoms with van der Waals surface area (Å²) in [5.41, 5.74) is 1.58. The minimum absolute atomic E-state index is 0.380. The van der Waals surface area contributed by atoms with Gasteiger partial charge in [0.1, 0.15) is 15.6 Å². The molecule has 0 aliphatic carbocycles. The highest BCUT2D eigenvalue weighted by Gasteiger charge is 2.20. The summed E-state index contributed by atoms with van der Waals surface area (Å²) in [6, 6.07) is 0. The zero-order valence-electron chi connectivity index (χ0n) is 11.5. The van der Waals surface area contributed by atoms with Crippen LogP contribution in [0.2, 0.25) is 0 Å². The van der Waals surface area contributed by atoms with Crippen molar-refractivity contribution in [1.29, 1.82) is 0 Å². The molecule has 100 valence electrons. The number of ether oxygens (including phenoxy) is 1. The van der Waals surface area contributed by atoms with E-state index in [1.165, 1.54) is 16.5 Å². The maximum absolute atomic E-state index is 12.0. The molecule has 0 spiro atoms.